The molecule has 1 N–H and O–H groups in total. The molecule has 0 fully saturated rings. The van der Waals surface area contributed by atoms with Gasteiger partial charge in [-0.1, -0.05) is 304 Å². The molecule has 0 bridgehead atoms. The molecule has 0 amide bonds. The molecule has 11 nitrogen and oxygen atoms in total. The highest BCUT2D eigenvalue weighted by Gasteiger charge is 2.22. The lowest BCUT2D eigenvalue weighted by atomic mass is 10.1. The van der Waals surface area contributed by atoms with Gasteiger partial charge in [0.05, 0.1) is 65.3 Å². The fraction of sp³-hybridized carbons (Fsp3) is 0.500. The Morgan fingerprint density at radius 1 is 0.376 bits per heavy atom. The van der Waals surface area contributed by atoms with Crippen molar-refractivity contribution in [3.63, 3.8) is 0 Å². The quantitative estimate of drug-likeness (QED) is 0.0239. The Balaban J connectivity index is 0.000000333. The maximum absolute atomic E-state index is 6.46. The molecule has 3 aromatic carbocycles. The van der Waals surface area contributed by atoms with Crippen LogP contribution in [0.15, 0.2) is 135 Å². The smallest absolute Gasteiger partial charge is 0.255 e. The van der Waals surface area contributed by atoms with Crippen LogP contribution in [0.2, 0.25) is 41.2 Å². The summed E-state index contributed by atoms with van der Waals surface area (Å²) >= 11 is 57.4. The number of aromatic amines is 1. The van der Waals surface area contributed by atoms with Crippen molar-refractivity contribution in [1.82, 2.24) is 43.6 Å². The Hall–Kier alpha value is -3.60. The fourth-order valence-electron chi connectivity index (χ4n) is 11.0. The number of unbranched alkanes of at least 4 members (excludes halogenated alkanes) is 24. The number of imidazole rings is 4. The molecule has 23 heteroatoms. The molecular formula is C78H105BrCl11N11. The molecule has 0 spiro atoms. The van der Waals surface area contributed by atoms with Gasteiger partial charge in [-0.15, -0.1) is 11.6 Å². The highest BCUT2D eigenvalue weighted by atomic mass is 79.9. The highest BCUT2D eigenvalue weighted by molar-refractivity contribution is 9.09. The lowest BCUT2D eigenvalue weighted by molar-refractivity contribution is -0.686. The van der Waals surface area contributed by atoms with Crippen molar-refractivity contribution < 1.29 is 33.9 Å². The Morgan fingerprint density at radius 3 is 1.03 bits per heavy atom. The Morgan fingerprint density at radius 2 is 0.713 bits per heavy atom. The number of aromatic nitrogens is 11. The minimum atomic E-state index is 0. The molecule has 0 saturated heterocycles. The van der Waals surface area contributed by atoms with E-state index in [0.717, 1.165) is 88.7 Å². The predicted molar refractivity (Wildman–Crippen MR) is 429 cm³/mol. The normalized spacial score (nSPS) is 10.7. The number of hydrogen-bond donors (Lipinski definition) is 1. The van der Waals surface area contributed by atoms with Crippen molar-refractivity contribution in [1.29, 1.82) is 0 Å². The molecule has 0 aliphatic heterocycles. The third kappa shape index (κ3) is 35.6. The van der Waals surface area contributed by atoms with Crippen LogP contribution in [0.1, 0.15) is 225 Å². The van der Waals surface area contributed by atoms with Gasteiger partial charge in [0.1, 0.15) is 23.4 Å². The largest absolute Gasteiger partial charge is 1.00 e. The van der Waals surface area contributed by atoms with Crippen LogP contribution >= 0.6 is 120 Å². The summed E-state index contributed by atoms with van der Waals surface area (Å²) in [6.45, 7) is 13.0. The SMILES string of the molecule is CCCCCCCCCBr.CCCCCCCCCn1c[n+](Cc2ccc3ccccc3n2)c(Cl)c1Cl.CCCCCCCCCn1c[n+](Cc2ccc3ccccc3n2)c(Cl)c1Cl.CCCCCCCCCn1cnc(Cl)c1Cl.ClCc1ccc2ccccc2n1.Clc1nc[nH]c1Cl.[Cl-].[Cl-]. The van der Waals surface area contributed by atoms with Gasteiger partial charge in [-0.3, -0.25) is 4.98 Å². The highest BCUT2D eigenvalue weighted by Crippen LogP contribution is 2.25. The zero-order chi connectivity index (χ0) is 71.2. The van der Waals surface area contributed by atoms with Crippen LogP contribution in [-0.2, 0) is 38.6 Å². The molecule has 7 aromatic heterocycles. The maximum Gasteiger partial charge on any atom is 0.255 e. The van der Waals surface area contributed by atoms with Gasteiger partial charge in [-0.2, -0.15) is 0 Å². The third-order valence-electron chi connectivity index (χ3n) is 16.7. The first-order chi connectivity index (χ1) is 48.2. The predicted octanol–water partition coefficient (Wildman–Crippen LogP) is 20.6. The van der Waals surface area contributed by atoms with E-state index in [1.54, 1.807) is 6.33 Å². The number of hydrogen-bond acceptors (Lipinski definition) is 5. The van der Waals surface area contributed by atoms with E-state index in [1.807, 2.05) is 111 Å². The average Bonchev–Trinajstić information content (AvgIpc) is 1.77. The van der Waals surface area contributed by atoms with Gasteiger partial charge in [0.25, 0.3) is 20.6 Å². The molecule has 7 heterocycles. The Labute approximate surface area is 668 Å². The van der Waals surface area contributed by atoms with E-state index in [9.17, 15) is 0 Å². The van der Waals surface area contributed by atoms with E-state index < -0.39 is 0 Å². The maximum atomic E-state index is 6.46. The van der Waals surface area contributed by atoms with Crippen LogP contribution in [-0.4, -0.2) is 48.9 Å². The summed E-state index contributed by atoms with van der Waals surface area (Å²) in [5, 5.41) is 8.70. The van der Waals surface area contributed by atoms with Crippen LogP contribution in [0, 0.1) is 0 Å². The van der Waals surface area contributed by atoms with E-state index in [4.69, 9.17) is 114 Å². The monoisotopic (exact) mass is 1660 g/mol. The molecule has 101 heavy (non-hydrogen) atoms. The van der Waals surface area contributed by atoms with E-state index in [0.29, 0.717) is 60.2 Å². The van der Waals surface area contributed by atoms with Crippen LogP contribution in [0.4, 0.5) is 0 Å². The number of fused-ring (bicyclic) bond motifs is 3. The summed E-state index contributed by atoms with van der Waals surface area (Å²) in [7, 11) is 0. The van der Waals surface area contributed by atoms with Crippen molar-refractivity contribution in [3.05, 3.63) is 193 Å². The molecule has 10 aromatic rings. The fourth-order valence-corrected chi connectivity index (χ4v) is 13.0. The van der Waals surface area contributed by atoms with Gasteiger partial charge in [0, 0.05) is 28.0 Å². The molecule has 0 atom stereocenters. The van der Waals surface area contributed by atoms with Crippen LogP contribution < -0.4 is 33.9 Å². The number of H-pyrrole nitrogens is 1. The van der Waals surface area contributed by atoms with E-state index >= 15 is 0 Å². The second-order valence-electron chi connectivity index (χ2n) is 24.9. The molecule has 0 unspecified atom stereocenters. The number of pyridine rings is 3. The minimum Gasteiger partial charge on any atom is -1.00 e. The molecule has 10 rings (SSSR count). The van der Waals surface area contributed by atoms with E-state index in [1.165, 1.54) is 172 Å². The number of halogens is 12. The van der Waals surface area contributed by atoms with Crippen LogP contribution in [0.3, 0.4) is 0 Å². The van der Waals surface area contributed by atoms with Gasteiger partial charge >= 0.3 is 0 Å². The van der Waals surface area contributed by atoms with Gasteiger partial charge in [-0.05, 0) is 121 Å². The van der Waals surface area contributed by atoms with Crippen molar-refractivity contribution in [2.24, 2.45) is 0 Å². The molecule has 0 radical (unpaired) electrons. The Kier molecular flexibility index (Phi) is 50.6. The number of nitrogens with zero attached hydrogens (tertiary/aromatic N) is 10. The molecule has 556 valence electrons. The standard InChI is InChI=1S/2C22H28Cl2N3.C12H20Cl2N2.C10H8ClN.C9H19Br.C3H2Cl2N2.2ClH/c2*1-2-3-4-5-6-7-10-15-26-17-27(22(24)21(26)23)16-19-14-13-18-11-8-9-12-20(18)25-19;1-2-3-4-5-6-7-8-9-16-10-15-11(13)12(16)14;11-7-9-6-5-8-3-1-2-4-10(8)12-9;1-2-3-4-5-6-7-8-9-10;4-2-3(5)7-1-6-2;;/h2*8-9,11-14,17H,2-7,10,15-16H2,1H3;10H,2-9H2,1H3;1-6H,7H2;2-9H2,1H3;1H,(H,6,7);2*1H/q2*+1;;;;;;/p-2. The number of para-hydroxylation sites is 3. The van der Waals surface area contributed by atoms with Crippen molar-refractivity contribution in [2.75, 3.05) is 5.33 Å². The van der Waals surface area contributed by atoms with Gasteiger partial charge < -0.3 is 34.4 Å². The van der Waals surface area contributed by atoms with E-state index in [2.05, 4.69) is 97.0 Å². The van der Waals surface area contributed by atoms with Crippen LogP contribution in [0.5, 0.6) is 0 Å². The number of aryl methyl sites for hydroxylation is 3. The van der Waals surface area contributed by atoms with E-state index in [-0.39, 0.29) is 24.8 Å². The first-order valence-corrected chi connectivity index (χ1v) is 40.7. The summed E-state index contributed by atoms with van der Waals surface area (Å²) in [5.41, 5.74) is 5.89. The van der Waals surface area contributed by atoms with Crippen molar-refractivity contribution in [3.8, 4) is 0 Å². The first-order valence-electron chi connectivity index (χ1n) is 36.0. The lowest BCUT2D eigenvalue weighted by Crippen LogP contribution is -3.00. The zero-order valence-corrected chi connectivity index (χ0v) is 69.4. The van der Waals surface area contributed by atoms with Crippen molar-refractivity contribution in [2.45, 2.75) is 246 Å². The zero-order valence-electron chi connectivity index (χ0n) is 59.5. The summed E-state index contributed by atoms with van der Waals surface area (Å²) in [6, 6.07) is 36.6. The lowest BCUT2D eigenvalue weighted by Gasteiger charge is -2.03. The summed E-state index contributed by atoms with van der Waals surface area (Å²) < 4.78 is 9.97. The third-order valence-corrected chi connectivity index (χ3v) is 20.8. The molecule has 0 saturated carbocycles. The first kappa shape index (κ1) is 91.6. The number of alkyl halides is 2. The Bertz CT molecular complexity index is 3610. The van der Waals surface area contributed by atoms with Gasteiger partial charge in [-0.25, -0.2) is 38.2 Å². The summed E-state index contributed by atoms with van der Waals surface area (Å²) in [6.07, 6.45) is 44.2. The number of nitrogens with one attached hydrogen (secondary N) is 1. The second kappa shape index (κ2) is 55.8. The summed E-state index contributed by atoms with van der Waals surface area (Å²) in [5.74, 6) is 0.477. The molecule has 0 aliphatic rings. The second-order valence-corrected chi connectivity index (χ2v) is 28.8. The number of rotatable bonds is 36. The minimum absolute atomic E-state index is 0. The van der Waals surface area contributed by atoms with Crippen LogP contribution in [0.25, 0.3) is 32.7 Å². The van der Waals surface area contributed by atoms with Crippen molar-refractivity contribution >= 4 is 153 Å². The average molecular weight is 1670 g/mol. The molecule has 0 aliphatic carbocycles. The topological polar surface area (TPSA) is 103 Å². The summed E-state index contributed by atoms with van der Waals surface area (Å²) in [4.78, 5) is 24.0. The molecular weight excluding hydrogens is 1560 g/mol. The van der Waals surface area contributed by atoms with Gasteiger partial charge in [0.2, 0.25) is 12.7 Å². The van der Waals surface area contributed by atoms with Gasteiger partial charge in [0.15, 0.2) is 10.3 Å². The number of benzene rings is 3.